The van der Waals surface area contributed by atoms with E-state index < -0.39 is 6.04 Å². The number of carbonyl (C=O) groups excluding carboxylic acids is 2. The summed E-state index contributed by atoms with van der Waals surface area (Å²) in [5.74, 6) is 0.00564. The van der Waals surface area contributed by atoms with Crippen LogP contribution >= 0.6 is 12.4 Å². The number of nitrogens with zero attached hydrogens (tertiary/aromatic N) is 1. The Morgan fingerprint density at radius 2 is 2.09 bits per heavy atom. The summed E-state index contributed by atoms with van der Waals surface area (Å²) in [4.78, 5) is 25.6. The third kappa shape index (κ3) is 4.94. The number of anilines is 1. The predicted octanol–water partition coefficient (Wildman–Crippen LogP) is 2.22. The molecule has 2 rings (SSSR count). The number of benzene rings is 1. The molecule has 0 aromatic heterocycles. The summed E-state index contributed by atoms with van der Waals surface area (Å²) in [7, 11) is 0. The summed E-state index contributed by atoms with van der Waals surface area (Å²) in [5, 5.41) is 2.87. The van der Waals surface area contributed by atoms with Gasteiger partial charge >= 0.3 is 0 Å². The zero-order valence-electron chi connectivity index (χ0n) is 14.0. The highest BCUT2D eigenvalue weighted by atomic mass is 35.5. The van der Waals surface area contributed by atoms with E-state index in [1.54, 1.807) is 4.90 Å². The molecule has 1 aliphatic rings. The van der Waals surface area contributed by atoms with Crippen molar-refractivity contribution in [2.75, 3.05) is 11.4 Å². The van der Waals surface area contributed by atoms with Gasteiger partial charge in [-0.3, -0.25) is 9.59 Å². The number of nitrogens with two attached hydrogens (primary N) is 1. The molecular formula is C17H26ClN3O2. The van der Waals surface area contributed by atoms with Crippen molar-refractivity contribution in [1.29, 1.82) is 0 Å². The first-order valence-corrected chi connectivity index (χ1v) is 7.71. The first kappa shape index (κ1) is 19.5. The molecule has 1 aromatic rings. The number of hydrogen-bond acceptors (Lipinski definition) is 3. The molecule has 0 aliphatic carbocycles. The number of hydrogen-bond donors (Lipinski definition) is 2. The largest absolute Gasteiger partial charge is 0.351 e. The lowest BCUT2D eigenvalue weighted by atomic mass is 9.87. The van der Waals surface area contributed by atoms with Crippen molar-refractivity contribution < 1.29 is 9.59 Å². The Balaban J connectivity index is 0.00000264. The van der Waals surface area contributed by atoms with Crippen LogP contribution in [0.1, 0.15) is 39.2 Å². The summed E-state index contributed by atoms with van der Waals surface area (Å²) in [6.07, 6.45) is 1.52. The molecule has 2 amide bonds. The van der Waals surface area contributed by atoms with E-state index in [9.17, 15) is 9.59 Å². The number of amides is 2. The number of rotatable bonds is 4. The second kappa shape index (κ2) is 7.79. The topological polar surface area (TPSA) is 75.4 Å². The van der Waals surface area contributed by atoms with Crippen molar-refractivity contribution in [1.82, 2.24) is 5.32 Å². The van der Waals surface area contributed by atoms with Crippen molar-refractivity contribution in [2.45, 2.75) is 46.2 Å². The fourth-order valence-electron chi connectivity index (χ4n) is 2.45. The average molecular weight is 340 g/mol. The normalized spacial score (nSPS) is 16.0. The van der Waals surface area contributed by atoms with Gasteiger partial charge < -0.3 is 16.0 Å². The second-order valence-corrected chi connectivity index (χ2v) is 6.88. The van der Waals surface area contributed by atoms with Crippen LogP contribution in [0.15, 0.2) is 24.3 Å². The van der Waals surface area contributed by atoms with Crippen molar-refractivity contribution >= 4 is 29.9 Å². The Morgan fingerprint density at radius 1 is 1.39 bits per heavy atom. The lowest BCUT2D eigenvalue weighted by molar-refractivity contribution is -0.124. The van der Waals surface area contributed by atoms with E-state index in [4.69, 9.17) is 5.73 Å². The third-order valence-electron chi connectivity index (χ3n) is 3.98. The summed E-state index contributed by atoms with van der Waals surface area (Å²) in [5.41, 5.74) is 7.53. The van der Waals surface area contributed by atoms with Crippen LogP contribution in [-0.4, -0.2) is 24.4 Å². The molecule has 1 heterocycles. The van der Waals surface area contributed by atoms with Gasteiger partial charge in [0.05, 0.1) is 6.04 Å². The SMILES string of the molecule is CC(C)(C)[C@H](N)C(=O)NCc1cccc(N2CCCC2=O)c1.Cl. The van der Waals surface area contributed by atoms with Crippen LogP contribution in [0.5, 0.6) is 0 Å². The van der Waals surface area contributed by atoms with Crippen molar-refractivity contribution in [3.63, 3.8) is 0 Å². The van der Waals surface area contributed by atoms with Crippen LogP contribution in [0, 0.1) is 5.41 Å². The molecular weight excluding hydrogens is 314 g/mol. The maximum atomic E-state index is 12.1. The molecule has 128 valence electrons. The summed E-state index contributed by atoms with van der Waals surface area (Å²) >= 11 is 0. The number of carbonyl (C=O) groups is 2. The van der Waals surface area contributed by atoms with Gasteiger partial charge in [0, 0.05) is 25.2 Å². The average Bonchev–Trinajstić information content (AvgIpc) is 2.89. The number of halogens is 1. The lowest BCUT2D eigenvalue weighted by Gasteiger charge is -2.26. The van der Waals surface area contributed by atoms with Crippen LogP contribution in [0.4, 0.5) is 5.69 Å². The third-order valence-corrected chi connectivity index (χ3v) is 3.98. The highest BCUT2D eigenvalue weighted by Crippen LogP contribution is 2.22. The first-order valence-electron chi connectivity index (χ1n) is 7.71. The van der Waals surface area contributed by atoms with Gasteiger partial charge in [0.1, 0.15) is 0 Å². The van der Waals surface area contributed by atoms with Crippen molar-refractivity contribution in [3.8, 4) is 0 Å². The minimum atomic E-state index is -0.546. The van der Waals surface area contributed by atoms with Gasteiger partial charge in [0.25, 0.3) is 0 Å². The summed E-state index contributed by atoms with van der Waals surface area (Å²) < 4.78 is 0. The van der Waals surface area contributed by atoms with E-state index in [-0.39, 0.29) is 29.6 Å². The van der Waals surface area contributed by atoms with Crippen LogP contribution in [-0.2, 0) is 16.1 Å². The Labute approximate surface area is 144 Å². The Morgan fingerprint density at radius 3 is 2.65 bits per heavy atom. The van der Waals surface area contributed by atoms with E-state index >= 15 is 0 Å². The second-order valence-electron chi connectivity index (χ2n) is 6.88. The zero-order valence-corrected chi connectivity index (χ0v) is 14.8. The molecule has 6 heteroatoms. The molecule has 3 N–H and O–H groups in total. The van der Waals surface area contributed by atoms with Crippen molar-refractivity contribution in [3.05, 3.63) is 29.8 Å². The van der Waals surface area contributed by atoms with Crippen LogP contribution < -0.4 is 16.0 Å². The minimum Gasteiger partial charge on any atom is -0.351 e. The quantitative estimate of drug-likeness (QED) is 0.883. The Hall–Kier alpha value is -1.59. The van der Waals surface area contributed by atoms with Gasteiger partial charge in [-0.25, -0.2) is 0 Å². The fraction of sp³-hybridized carbons (Fsp3) is 0.529. The molecule has 0 unspecified atom stereocenters. The molecule has 0 bridgehead atoms. The predicted molar refractivity (Wildman–Crippen MR) is 94.6 cm³/mol. The zero-order chi connectivity index (χ0) is 16.3. The van der Waals surface area contributed by atoms with Crippen LogP contribution in [0.3, 0.4) is 0 Å². The van der Waals surface area contributed by atoms with E-state index in [1.165, 1.54) is 0 Å². The summed E-state index contributed by atoms with van der Waals surface area (Å²) in [6, 6.07) is 7.18. The minimum absolute atomic E-state index is 0. The van der Waals surface area contributed by atoms with E-state index in [0.717, 1.165) is 24.2 Å². The Kier molecular flexibility index (Phi) is 6.59. The fourth-order valence-corrected chi connectivity index (χ4v) is 2.45. The van der Waals surface area contributed by atoms with Crippen molar-refractivity contribution in [2.24, 2.45) is 11.1 Å². The smallest absolute Gasteiger partial charge is 0.237 e. The van der Waals surface area contributed by atoms with Gasteiger partial charge in [0.15, 0.2) is 0 Å². The molecule has 1 saturated heterocycles. The molecule has 1 atom stereocenters. The van der Waals surface area contributed by atoms with Crippen LogP contribution in [0.25, 0.3) is 0 Å². The van der Waals surface area contributed by atoms with E-state index in [1.807, 2.05) is 45.0 Å². The summed E-state index contributed by atoms with van der Waals surface area (Å²) in [6.45, 7) is 7.01. The van der Waals surface area contributed by atoms with Gasteiger partial charge in [-0.2, -0.15) is 0 Å². The first-order chi connectivity index (χ1) is 10.3. The molecule has 0 radical (unpaired) electrons. The van der Waals surface area contributed by atoms with Crippen LogP contribution in [0.2, 0.25) is 0 Å². The lowest BCUT2D eigenvalue weighted by Crippen LogP contribution is -2.48. The molecule has 1 aromatic carbocycles. The maximum Gasteiger partial charge on any atom is 0.237 e. The highest BCUT2D eigenvalue weighted by Gasteiger charge is 2.27. The van der Waals surface area contributed by atoms with Gasteiger partial charge in [-0.1, -0.05) is 32.9 Å². The van der Waals surface area contributed by atoms with E-state index in [0.29, 0.717) is 13.0 Å². The molecule has 1 fully saturated rings. The van der Waals surface area contributed by atoms with Gasteiger partial charge in [-0.15, -0.1) is 12.4 Å². The standard InChI is InChI=1S/C17H25N3O2.ClH/c1-17(2,3)15(18)16(22)19-11-12-6-4-7-13(10-12)20-9-5-8-14(20)21;/h4,6-7,10,15H,5,8-9,11,18H2,1-3H3,(H,19,22);1H/t15-;/m1./s1. The molecule has 0 saturated carbocycles. The monoisotopic (exact) mass is 339 g/mol. The highest BCUT2D eigenvalue weighted by molar-refractivity contribution is 5.95. The maximum absolute atomic E-state index is 12.1. The molecule has 1 aliphatic heterocycles. The molecule has 23 heavy (non-hydrogen) atoms. The van der Waals surface area contributed by atoms with Gasteiger partial charge in [-0.05, 0) is 29.5 Å². The molecule has 5 nitrogen and oxygen atoms in total. The van der Waals surface area contributed by atoms with E-state index in [2.05, 4.69) is 5.32 Å². The number of nitrogens with one attached hydrogen (secondary N) is 1. The molecule has 0 spiro atoms. The Bertz CT molecular complexity index is 569. The van der Waals surface area contributed by atoms with Gasteiger partial charge in [0.2, 0.25) is 11.8 Å².